The maximum absolute atomic E-state index is 12.2. The molecule has 0 aliphatic carbocycles. The standard InChI is InChI=1S/C19H18O5/c20-18(14-7-3-1-4-8-14)23-16-11-12-22-13-17(16)24-19(21)15-9-5-2-6-10-15/h1-10,16-17H,11-13H2. The topological polar surface area (TPSA) is 61.8 Å². The summed E-state index contributed by atoms with van der Waals surface area (Å²) in [6, 6.07) is 17.5. The minimum absolute atomic E-state index is 0.214. The van der Waals surface area contributed by atoms with E-state index >= 15 is 0 Å². The third kappa shape index (κ3) is 4.00. The third-order valence-electron chi connectivity index (χ3n) is 3.78. The van der Waals surface area contributed by atoms with Gasteiger partial charge in [-0.1, -0.05) is 36.4 Å². The van der Waals surface area contributed by atoms with Crippen LogP contribution in [0.2, 0.25) is 0 Å². The molecule has 2 atom stereocenters. The van der Waals surface area contributed by atoms with Crippen molar-refractivity contribution < 1.29 is 23.8 Å². The second-order valence-corrected chi connectivity index (χ2v) is 5.48. The predicted octanol–water partition coefficient (Wildman–Crippen LogP) is 2.86. The monoisotopic (exact) mass is 326 g/mol. The van der Waals surface area contributed by atoms with Gasteiger partial charge in [-0.2, -0.15) is 0 Å². The van der Waals surface area contributed by atoms with Crippen LogP contribution in [-0.2, 0) is 14.2 Å². The van der Waals surface area contributed by atoms with Crippen molar-refractivity contribution in [2.75, 3.05) is 13.2 Å². The fourth-order valence-corrected chi connectivity index (χ4v) is 2.50. The molecule has 2 aromatic carbocycles. The Morgan fingerprint density at radius 3 is 1.83 bits per heavy atom. The molecule has 24 heavy (non-hydrogen) atoms. The van der Waals surface area contributed by atoms with Crippen LogP contribution in [0.15, 0.2) is 60.7 Å². The Bertz CT molecular complexity index is 622. The van der Waals surface area contributed by atoms with E-state index in [0.29, 0.717) is 24.2 Å². The number of ether oxygens (including phenoxy) is 3. The smallest absolute Gasteiger partial charge is 0.338 e. The molecule has 1 saturated heterocycles. The van der Waals surface area contributed by atoms with E-state index in [1.165, 1.54) is 0 Å². The van der Waals surface area contributed by atoms with E-state index in [4.69, 9.17) is 14.2 Å². The summed E-state index contributed by atoms with van der Waals surface area (Å²) in [7, 11) is 0. The Morgan fingerprint density at radius 2 is 1.29 bits per heavy atom. The zero-order valence-electron chi connectivity index (χ0n) is 13.1. The highest BCUT2D eigenvalue weighted by atomic mass is 16.6. The van der Waals surface area contributed by atoms with Gasteiger partial charge >= 0.3 is 11.9 Å². The molecule has 0 radical (unpaired) electrons. The first kappa shape index (κ1) is 16.2. The first-order valence-corrected chi connectivity index (χ1v) is 7.84. The van der Waals surface area contributed by atoms with Crippen molar-refractivity contribution in [2.45, 2.75) is 18.6 Å². The van der Waals surface area contributed by atoms with Crippen LogP contribution in [0.25, 0.3) is 0 Å². The molecule has 1 fully saturated rings. The van der Waals surface area contributed by atoms with E-state index in [2.05, 4.69) is 0 Å². The molecule has 0 bridgehead atoms. The molecule has 2 unspecified atom stereocenters. The minimum Gasteiger partial charge on any atom is -0.455 e. The second kappa shape index (κ2) is 7.75. The molecule has 0 spiro atoms. The lowest BCUT2D eigenvalue weighted by atomic mass is 10.1. The molecule has 0 saturated carbocycles. The van der Waals surface area contributed by atoms with Gasteiger partial charge in [0, 0.05) is 6.42 Å². The molecule has 124 valence electrons. The van der Waals surface area contributed by atoms with Crippen LogP contribution >= 0.6 is 0 Å². The second-order valence-electron chi connectivity index (χ2n) is 5.48. The van der Waals surface area contributed by atoms with E-state index in [-0.39, 0.29) is 6.61 Å². The number of hydrogen-bond donors (Lipinski definition) is 0. The van der Waals surface area contributed by atoms with E-state index in [1.54, 1.807) is 48.5 Å². The normalized spacial score (nSPS) is 20.2. The molecular weight excluding hydrogens is 308 g/mol. The molecule has 1 aliphatic rings. The van der Waals surface area contributed by atoms with Gasteiger partial charge in [0.2, 0.25) is 0 Å². The van der Waals surface area contributed by atoms with Crippen molar-refractivity contribution in [3.05, 3.63) is 71.8 Å². The first-order chi connectivity index (χ1) is 11.7. The highest BCUT2D eigenvalue weighted by Gasteiger charge is 2.32. The molecule has 1 aliphatic heterocycles. The van der Waals surface area contributed by atoms with Crippen LogP contribution in [-0.4, -0.2) is 37.4 Å². The van der Waals surface area contributed by atoms with E-state index in [1.807, 2.05) is 12.1 Å². The van der Waals surface area contributed by atoms with Crippen molar-refractivity contribution in [1.29, 1.82) is 0 Å². The lowest BCUT2D eigenvalue weighted by molar-refractivity contribution is -0.101. The molecule has 3 rings (SSSR count). The average Bonchev–Trinajstić information content (AvgIpc) is 2.64. The Hall–Kier alpha value is -2.66. The lowest BCUT2D eigenvalue weighted by Crippen LogP contribution is -2.43. The summed E-state index contributed by atoms with van der Waals surface area (Å²) in [4.78, 5) is 24.4. The summed E-state index contributed by atoms with van der Waals surface area (Å²) in [6.45, 7) is 0.678. The van der Waals surface area contributed by atoms with Crippen LogP contribution in [0.4, 0.5) is 0 Å². The van der Waals surface area contributed by atoms with Gasteiger partial charge in [-0.05, 0) is 24.3 Å². The maximum Gasteiger partial charge on any atom is 0.338 e. The van der Waals surface area contributed by atoms with Crippen LogP contribution in [0, 0.1) is 0 Å². The third-order valence-corrected chi connectivity index (χ3v) is 3.78. The number of carbonyl (C=O) groups excluding carboxylic acids is 2. The Balaban J connectivity index is 1.65. The van der Waals surface area contributed by atoms with Crippen molar-refractivity contribution in [3.63, 3.8) is 0 Å². The molecule has 0 amide bonds. The van der Waals surface area contributed by atoms with Gasteiger partial charge in [0.25, 0.3) is 0 Å². The van der Waals surface area contributed by atoms with Gasteiger partial charge in [-0.25, -0.2) is 9.59 Å². The van der Waals surface area contributed by atoms with Crippen LogP contribution in [0.1, 0.15) is 27.1 Å². The van der Waals surface area contributed by atoms with Crippen molar-refractivity contribution in [2.24, 2.45) is 0 Å². The molecule has 1 heterocycles. The maximum atomic E-state index is 12.2. The largest absolute Gasteiger partial charge is 0.455 e. The summed E-state index contributed by atoms with van der Waals surface area (Å²) in [6.07, 6.45) is -0.635. The van der Waals surface area contributed by atoms with Gasteiger partial charge in [-0.3, -0.25) is 0 Å². The molecule has 5 nitrogen and oxygen atoms in total. The van der Waals surface area contributed by atoms with Crippen LogP contribution < -0.4 is 0 Å². The van der Waals surface area contributed by atoms with Gasteiger partial charge in [0.15, 0.2) is 6.10 Å². The van der Waals surface area contributed by atoms with E-state index in [0.717, 1.165) is 0 Å². The quantitative estimate of drug-likeness (QED) is 0.809. The zero-order chi connectivity index (χ0) is 16.8. The Kier molecular flexibility index (Phi) is 5.23. The van der Waals surface area contributed by atoms with E-state index in [9.17, 15) is 9.59 Å². The first-order valence-electron chi connectivity index (χ1n) is 7.84. The molecule has 2 aromatic rings. The molecule has 0 N–H and O–H groups in total. The lowest BCUT2D eigenvalue weighted by Gasteiger charge is -2.30. The van der Waals surface area contributed by atoms with E-state index < -0.39 is 24.1 Å². The highest BCUT2D eigenvalue weighted by Crippen LogP contribution is 2.18. The number of esters is 2. The molecule has 5 heteroatoms. The van der Waals surface area contributed by atoms with Gasteiger partial charge in [-0.15, -0.1) is 0 Å². The molecular formula is C19H18O5. The van der Waals surface area contributed by atoms with Gasteiger partial charge in [0.05, 0.1) is 24.3 Å². The van der Waals surface area contributed by atoms with Gasteiger partial charge in [0.1, 0.15) is 6.10 Å². The minimum atomic E-state index is -0.612. The Morgan fingerprint density at radius 1 is 0.792 bits per heavy atom. The summed E-state index contributed by atoms with van der Waals surface area (Å²) in [5.41, 5.74) is 0.924. The van der Waals surface area contributed by atoms with Crippen LogP contribution in [0.3, 0.4) is 0 Å². The summed E-state index contributed by atoms with van der Waals surface area (Å²) < 4.78 is 16.4. The average molecular weight is 326 g/mol. The zero-order valence-corrected chi connectivity index (χ0v) is 13.1. The Labute approximate surface area is 140 Å². The summed E-state index contributed by atoms with van der Waals surface area (Å²) in [5, 5.41) is 0. The van der Waals surface area contributed by atoms with Gasteiger partial charge < -0.3 is 14.2 Å². The number of benzene rings is 2. The molecule has 0 aromatic heterocycles. The van der Waals surface area contributed by atoms with Crippen molar-refractivity contribution in [3.8, 4) is 0 Å². The number of rotatable bonds is 4. The van der Waals surface area contributed by atoms with Crippen molar-refractivity contribution >= 4 is 11.9 Å². The number of carbonyl (C=O) groups is 2. The highest BCUT2D eigenvalue weighted by molar-refractivity contribution is 5.90. The fourth-order valence-electron chi connectivity index (χ4n) is 2.50. The predicted molar refractivity (Wildman–Crippen MR) is 86.7 cm³/mol. The summed E-state index contributed by atoms with van der Waals surface area (Å²) >= 11 is 0. The summed E-state index contributed by atoms with van der Waals surface area (Å²) in [5.74, 6) is -0.880. The SMILES string of the molecule is O=C(OC1CCOCC1OC(=O)c1ccccc1)c1ccccc1. The van der Waals surface area contributed by atoms with Crippen LogP contribution in [0.5, 0.6) is 0 Å². The van der Waals surface area contributed by atoms with Crippen molar-refractivity contribution in [1.82, 2.24) is 0 Å². The number of hydrogen-bond acceptors (Lipinski definition) is 5. The fraction of sp³-hybridized carbons (Fsp3) is 0.263.